The molecule has 2 aromatic rings. The van der Waals surface area contributed by atoms with E-state index in [1.54, 1.807) is 4.90 Å². The second kappa shape index (κ2) is 7.27. The van der Waals surface area contributed by atoms with E-state index in [1.807, 2.05) is 32.2 Å². The van der Waals surface area contributed by atoms with Gasteiger partial charge in [0.2, 0.25) is 5.91 Å². The Kier molecular flexibility index (Phi) is 5.99. The molecule has 0 aromatic heterocycles. The molecule has 0 aliphatic heterocycles. The lowest BCUT2D eigenvalue weighted by Crippen LogP contribution is -2.34. The van der Waals surface area contributed by atoms with E-state index >= 15 is 0 Å². The van der Waals surface area contributed by atoms with Crippen molar-refractivity contribution >= 4 is 29.1 Å². The highest BCUT2D eigenvalue weighted by Crippen LogP contribution is 2.20. The number of carbonyl (C=O) groups excluding carboxylic acids is 1. The van der Waals surface area contributed by atoms with Gasteiger partial charge in [-0.1, -0.05) is 49.4 Å². The number of hydrogen-bond donors (Lipinski definition) is 1. The maximum atomic E-state index is 12.1. The highest BCUT2D eigenvalue weighted by atomic mass is 35.5. The van der Waals surface area contributed by atoms with Crippen molar-refractivity contribution in [1.82, 2.24) is 4.90 Å². The van der Waals surface area contributed by atoms with Gasteiger partial charge in [-0.25, -0.2) is 0 Å². The zero-order valence-corrected chi connectivity index (χ0v) is 12.7. The summed E-state index contributed by atoms with van der Waals surface area (Å²) in [7, 11) is 1.83. The Hall–Kier alpha value is -1.58. The van der Waals surface area contributed by atoms with Crippen LogP contribution in [0.25, 0.3) is 10.8 Å². The van der Waals surface area contributed by atoms with Crippen molar-refractivity contribution in [1.29, 1.82) is 0 Å². The summed E-state index contributed by atoms with van der Waals surface area (Å²) in [5, 5.41) is 2.40. The van der Waals surface area contributed by atoms with Crippen molar-refractivity contribution in [2.24, 2.45) is 11.7 Å². The topological polar surface area (TPSA) is 46.3 Å². The predicted octanol–water partition coefficient (Wildman–Crippen LogP) is 2.81. The van der Waals surface area contributed by atoms with Crippen LogP contribution in [0.1, 0.15) is 12.5 Å². The molecule has 0 radical (unpaired) electrons. The van der Waals surface area contributed by atoms with Crippen molar-refractivity contribution in [3.63, 3.8) is 0 Å². The monoisotopic (exact) mass is 292 g/mol. The van der Waals surface area contributed by atoms with Crippen molar-refractivity contribution in [2.45, 2.75) is 13.5 Å². The molecule has 4 heteroatoms. The average Bonchev–Trinajstić information content (AvgIpc) is 2.46. The van der Waals surface area contributed by atoms with Gasteiger partial charge in [-0.2, -0.15) is 0 Å². The van der Waals surface area contributed by atoms with Crippen LogP contribution < -0.4 is 5.73 Å². The van der Waals surface area contributed by atoms with E-state index in [9.17, 15) is 4.79 Å². The second-order valence-electron chi connectivity index (χ2n) is 4.97. The molecule has 2 aromatic carbocycles. The molecule has 2 N–H and O–H groups in total. The molecular weight excluding hydrogens is 272 g/mol. The normalized spacial score (nSPS) is 11.8. The van der Waals surface area contributed by atoms with Gasteiger partial charge in [-0.15, -0.1) is 12.4 Å². The van der Waals surface area contributed by atoms with Crippen molar-refractivity contribution in [2.75, 3.05) is 13.6 Å². The number of rotatable bonds is 4. The number of fused-ring (bicyclic) bond motifs is 1. The van der Waals surface area contributed by atoms with Gasteiger partial charge < -0.3 is 10.6 Å². The smallest absolute Gasteiger partial charge is 0.226 e. The largest absolute Gasteiger partial charge is 0.341 e. The van der Waals surface area contributed by atoms with E-state index in [1.165, 1.54) is 10.8 Å². The number of nitrogens with zero attached hydrogens (tertiary/aromatic N) is 1. The Balaban J connectivity index is 0.00000200. The summed E-state index contributed by atoms with van der Waals surface area (Å²) in [6, 6.07) is 14.4. The van der Waals surface area contributed by atoms with Gasteiger partial charge in [0.1, 0.15) is 0 Å². The molecule has 0 heterocycles. The quantitative estimate of drug-likeness (QED) is 0.942. The van der Waals surface area contributed by atoms with E-state index in [4.69, 9.17) is 5.73 Å². The fourth-order valence-electron chi connectivity index (χ4n) is 2.24. The van der Waals surface area contributed by atoms with E-state index in [-0.39, 0.29) is 24.2 Å². The van der Waals surface area contributed by atoms with Gasteiger partial charge in [-0.05, 0) is 16.3 Å². The van der Waals surface area contributed by atoms with E-state index in [2.05, 4.69) is 24.3 Å². The minimum Gasteiger partial charge on any atom is -0.341 e. The van der Waals surface area contributed by atoms with Crippen LogP contribution in [-0.4, -0.2) is 24.4 Å². The summed E-state index contributed by atoms with van der Waals surface area (Å²) in [6.45, 7) is 2.87. The van der Waals surface area contributed by atoms with Crippen LogP contribution in [0.15, 0.2) is 42.5 Å². The average molecular weight is 293 g/mol. The van der Waals surface area contributed by atoms with Gasteiger partial charge in [-0.3, -0.25) is 4.79 Å². The number of halogens is 1. The molecule has 1 unspecified atom stereocenters. The molecule has 2 rings (SSSR count). The Morgan fingerprint density at radius 1 is 1.20 bits per heavy atom. The molecule has 0 aliphatic carbocycles. The van der Waals surface area contributed by atoms with E-state index < -0.39 is 0 Å². The van der Waals surface area contributed by atoms with Crippen molar-refractivity contribution < 1.29 is 4.79 Å². The third-order valence-corrected chi connectivity index (χ3v) is 3.44. The van der Waals surface area contributed by atoms with E-state index in [0.29, 0.717) is 13.1 Å². The number of amides is 1. The SMILES string of the molecule is CC(CN)C(=O)N(C)Cc1cccc2ccccc12.Cl. The molecule has 0 aliphatic rings. The molecule has 1 amide bonds. The second-order valence-corrected chi connectivity index (χ2v) is 4.97. The molecule has 0 saturated heterocycles. The highest BCUT2D eigenvalue weighted by molar-refractivity contribution is 5.86. The first-order chi connectivity index (χ1) is 9.13. The van der Waals surface area contributed by atoms with Crippen LogP contribution in [0.5, 0.6) is 0 Å². The molecule has 0 saturated carbocycles. The van der Waals surface area contributed by atoms with Crippen LogP contribution in [-0.2, 0) is 11.3 Å². The van der Waals surface area contributed by atoms with Crippen molar-refractivity contribution in [3.8, 4) is 0 Å². The lowest BCUT2D eigenvalue weighted by Gasteiger charge is -2.21. The van der Waals surface area contributed by atoms with Crippen LogP contribution in [0.4, 0.5) is 0 Å². The van der Waals surface area contributed by atoms with Crippen molar-refractivity contribution in [3.05, 3.63) is 48.0 Å². The van der Waals surface area contributed by atoms with Crippen LogP contribution in [0.2, 0.25) is 0 Å². The predicted molar refractivity (Wildman–Crippen MR) is 85.9 cm³/mol. The number of nitrogens with two attached hydrogens (primary N) is 1. The molecule has 1 atom stereocenters. The van der Waals surface area contributed by atoms with Gasteiger partial charge >= 0.3 is 0 Å². The molecule has 0 fully saturated rings. The third-order valence-electron chi connectivity index (χ3n) is 3.44. The maximum absolute atomic E-state index is 12.1. The summed E-state index contributed by atoms with van der Waals surface area (Å²) in [5.41, 5.74) is 6.71. The summed E-state index contributed by atoms with van der Waals surface area (Å²) >= 11 is 0. The Bertz CT molecular complexity index is 580. The molecule has 108 valence electrons. The zero-order valence-electron chi connectivity index (χ0n) is 11.9. The first-order valence-electron chi connectivity index (χ1n) is 6.55. The first-order valence-corrected chi connectivity index (χ1v) is 6.55. The fraction of sp³-hybridized carbons (Fsp3) is 0.312. The summed E-state index contributed by atoms with van der Waals surface area (Å²) in [6.07, 6.45) is 0. The van der Waals surface area contributed by atoms with Gasteiger partial charge in [0.15, 0.2) is 0 Å². The Morgan fingerprint density at radius 3 is 2.55 bits per heavy atom. The Labute approximate surface area is 126 Å². The standard InChI is InChI=1S/C16H20N2O.ClH/c1-12(10-17)16(19)18(2)11-14-8-5-7-13-6-3-4-9-15(13)14;/h3-9,12H,10-11,17H2,1-2H3;1H. The van der Waals surface area contributed by atoms with Crippen LogP contribution >= 0.6 is 12.4 Å². The zero-order chi connectivity index (χ0) is 13.8. The fourth-order valence-corrected chi connectivity index (χ4v) is 2.24. The molecule has 0 bridgehead atoms. The highest BCUT2D eigenvalue weighted by Gasteiger charge is 2.16. The lowest BCUT2D eigenvalue weighted by molar-refractivity contribution is -0.133. The van der Waals surface area contributed by atoms with Gasteiger partial charge in [0.05, 0.1) is 0 Å². The number of carbonyl (C=O) groups is 1. The third kappa shape index (κ3) is 3.50. The maximum Gasteiger partial charge on any atom is 0.226 e. The van der Waals surface area contributed by atoms with Crippen LogP contribution in [0.3, 0.4) is 0 Å². The summed E-state index contributed by atoms with van der Waals surface area (Å²) in [4.78, 5) is 13.8. The molecule has 0 spiro atoms. The molecule has 20 heavy (non-hydrogen) atoms. The van der Waals surface area contributed by atoms with Gasteiger partial charge in [0.25, 0.3) is 0 Å². The minimum atomic E-state index is -0.125. The lowest BCUT2D eigenvalue weighted by atomic mass is 10.0. The van der Waals surface area contributed by atoms with E-state index in [0.717, 1.165) is 5.56 Å². The number of hydrogen-bond acceptors (Lipinski definition) is 2. The first kappa shape index (κ1) is 16.5. The molecular formula is C16H21ClN2O. The van der Waals surface area contributed by atoms with Gasteiger partial charge in [0, 0.05) is 26.1 Å². The summed E-state index contributed by atoms with van der Waals surface area (Å²) in [5.74, 6) is -0.0320. The molecule has 3 nitrogen and oxygen atoms in total. The minimum absolute atomic E-state index is 0. The van der Waals surface area contributed by atoms with Crippen LogP contribution in [0, 0.1) is 5.92 Å². The summed E-state index contributed by atoms with van der Waals surface area (Å²) < 4.78 is 0. The number of benzene rings is 2. The Morgan fingerprint density at radius 2 is 1.85 bits per heavy atom.